The summed E-state index contributed by atoms with van der Waals surface area (Å²) >= 11 is 0. The Morgan fingerprint density at radius 1 is 0.717 bits per heavy atom. The Morgan fingerprint density at radius 2 is 1.30 bits per heavy atom. The first-order valence-corrected chi connectivity index (χ1v) is 20.4. The normalized spacial score (nSPS) is 19.6. The molecule has 4 N–H and O–H groups in total. The smallest absolute Gasteiger partial charge is 0.407 e. The van der Waals surface area contributed by atoms with E-state index in [2.05, 4.69) is 91.0 Å². The minimum Gasteiger partial charge on any atom is -0.453 e. The van der Waals surface area contributed by atoms with Gasteiger partial charge in [0.2, 0.25) is 5.91 Å². The molecule has 3 atom stereocenters. The van der Waals surface area contributed by atoms with Gasteiger partial charge in [-0.3, -0.25) is 9.59 Å². The van der Waals surface area contributed by atoms with Crippen LogP contribution in [0.5, 0.6) is 0 Å². The average molecular weight is 807 g/mol. The van der Waals surface area contributed by atoms with Crippen LogP contribution in [-0.4, -0.2) is 87.6 Å². The van der Waals surface area contributed by atoms with Gasteiger partial charge in [0.15, 0.2) is 0 Å². The number of imidazole rings is 2. The molecule has 4 heterocycles. The molecule has 0 spiro atoms. The van der Waals surface area contributed by atoms with Crippen LogP contribution in [0.25, 0.3) is 44.4 Å². The van der Waals surface area contributed by atoms with Crippen LogP contribution < -0.4 is 10.6 Å². The third-order valence-corrected chi connectivity index (χ3v) is 12.3. The number of hydrogen-bond donors (Lipinski definition) is 4. The van der Waals surface area contributed by atoms with Gasteiger partial charge >= 0.3 is 12.2 Å². The van der Waals surface area contributed by atoms with Gasteiger partial charge in [0, 0.05) is 18.7 Å². The number of rotatable bonds is 9. The molecule has 0 bridgehead atoms. The van der Waals surface area contributed by atoms with Crippen molar-refractivity contribution in [1.29, 1.82) is 0 Å². The molecule has 0 saturated carbocycles. The Bertz CT molecular complexity index is 2600. The van der Waals surface area contributed by atoms with Crippen molar-refractivity contribution in [3.63, 3.8) is 0 Å². The van der Waals surface area contributed by atoms with Crippen molar-refractivity contribution in [3.05, 3.63) is 120 Å². The zero-order valence-corrected chi connectivity index (χ0v) is 33.5. The molecule has 2 aliphatic heterocycles. The molecular formula is C46H46N8O6. The van der Waals surface area contributed by atoms with Crippen molar-refractivity contribution >= 4 is 34.8 Å². The maximum absolute atomic E-state index is 14.5. The van der Waals surface area contributed by atoms with Crippen molar-refractivity contribution < 1.29 is 28.7 Å². The van der Waals surface area contributed by atoms with Gasteiger partial charge in [0.25, 0.3) is 5.91 Å². The van der Waals surface area contributed by atoms with Gasteiger partial charge in [-0.1, -0.05) is 72.8 Å². The largest absolute Gasteiger partial charge is 0.453 e. The van der Waals surface area contributed by atoms with Crippen molar-refractivity contribution in [2.45, 2.75) is 56.1 Å². The third kappa shape index (κ3) is 7.11. The lowest BCUT2D eigenvalue weighted by Gasteiger charge is -2.36. The maximum atomic E-state index is 14.5. The monoisotopic (exact) mass is 806 g/mol. The number of methoxy groups -OCH3 is 2. The molecule has 1 unspecified atom stereocenters. The molecule has 4 amide bonds. The Balaban J connectivity index is 0.881. The van der Waals surface area contributed by atoms with Crippen LogP contribution >= 0.6 is 0 Å². The number of alkyl carbamates (subject to hydrolysis) is 2. The molecule has 4 aromatic carbocycles. The summed E-state index contributed by atoms with van der Waals surface area (Å²) in [6.45, 7) is 1.05. The summed E-state index contributed by atoms with van der Waals surface area (Å²) in [5.41, 5.74) is 6.55. The van der Waals surface area contributed by atoms with E-state index in [1.807, 2.05) is 41.6 Å². The number of benzene rings is 4. The number of fused-ring (bicyclic) bond motifs is 2. The van der Waals surface area contributed by atoms with E-state index in [9.17, 15) is 19.2 Å². The van der Waals surface area contributed by atoms with Crippen molar-refractivity contribution in [2.75, 3.05) is 33.9 Å². The highest BCUT2D eigenvalue weighted by atomic mass is 16.5. The van der Waals surface area contributed by atoms with E-state index in [4.69, 9.17) is 9.72 Å². The maximum Gasteiger partial charge on any atom is 0.407 e. The average Bonchev–Trinajstić information content (AvgIpc) is 4.15. The number of aromatic nitrogens is 4. The molecule has 9 rings (SSSR count). The third-order valence-electron chi connectivity index (χ3n) is 12.3. The zero-order valence-electron chi connectivity index (χ0n) is 33.5. The highest BCUT2D eigenvalue weighted by molar-refractivity contribution is 5.93. The van der Waals surface area contributed by atoms with Crippen LogP contribution in [0.2, 0.25) is 0 Å². The van der Waals surface area contributed by atoms with Crippen LogP contribution in [0.4, 0.5) is 9.59 Å². The number of likely N-dealkylation sites (tertiary alicyclic amines) is 2. The second-order valence-electron chi connectivity index (χ2n) is 15.6. The molecular weight excluding hydrogens is 761 g/mol. The SMILES string of the molecule is COC(=O)NCC(=O)N1CCC[C@H]1c1ncc(-c2ccc3cc(-c4ccc(-c5cnc([C@@H]6CCCN6C(=O)C6(NC(=O)OC)CCc7ccccc76)[nH]5)cc4)ccc3c2)[nH]1. The molecule has 2 saturated heterocycles. The second kappa shape index (κ2) is 16.0. The molecule has 3 aliphatic rings. The molecule has 306 valence electrons. The Labute approximate surface area is 346 Å². The second-order valence-corrected chi connectivity index (χ2v) is 15.6. The van der Waals surface area contributed by atoms with Crippen LogP contribution in [0, 0.1) is 0 Å². The van der Waals surface area contributed by atoms with E-state index < -0.39 is 17.7 Å². The number of aromatic amines is 2. The van der Waals surface area contributed by atoms with E-state index in [0.29, 0.717) is 25.9 Å². The summed E-state index contributed by atoms with van der Waals surface area (Å²) in [6, 6.07) is 28.5. The first-order valence-electron chi connectivity index (χ1n) is 20.4. The molecule has 6 aromatic rings. The fraction of sp³-hybridized carbons (Fsp3) is 0.304. The minimum atomic E-state index is -1.19. The molecule has 2 aromatic heterocycles. The Hall–Kier alpha value is -6.96. The van der Waals surface area contributed by atoms with E-state index in [1.165, 1.54) is 14.2 Å². The highest BCUT2D eigenvalue weighted by Gasteiger charge is 2.51. The number of nitrogens with one attached hydrogen (secondary N) is 4. The van der Waals surface area contributed by atoms with E-state index in [-0.39, 0.29) is 30.4 Å². The van der Waals surface area contributed by atoms with E-state index >= 15 is 0 Å². The van der Waals surface area contributed by atoms with Gasteiger partial charge in [-0.15, -0.1) is 0 Å². The lowest BCUT2D eigenvalue weighted by Crippen LogP contribution is -2.56. The number of amides is 4. The molecule has 60 heavy (non-hydrogen) atoms. The van der Waals surface area contributed by atoms with Crippen molar-refractivity contribution in [1.82, 2.24) is 40.4 Å². The fourth-order valence-electron chi connectivity index (χ4n) is 9.19. The zero-order chi connectivity index (χ0) is 41.4. The van der Waals surface area contributed by atoms with E-state index in [0.717, 1.165) is 92.9 Å². The number of H-pyrrole nitrogens is 2. The molecule has 14 nitrogen and oxygen atoms in total. The van der Waals surface area contributed by atoms with Crippen LogP contribution in [-0.2, 0) is 31.0 Å². The quantitative estimate of drug-likeness (QED) is 0.119. The predicted octanol–water partition coefficient (Wildman–Crippen LogP) is 7.17. The van der Waals surface area contributed by atoms with Crippen LogP contribution in [0.15, 0.2) is 97.3 Å². The first kappa shape index (κ1) is 38.6. The number of carbonyl (C=O) groups excluding carboxylic acids is 4. The minimum absolute atomic E-state index is 0.125. The molecule has 1 aliphatic carbocycles. The standard InChI is InChI=1S/C46H46N8O6/c1-59-44(57)49-27-40(55)53-21-5-9-38(53)41-48-26-37(51-41)34-18-17-32-23-31(15-16-33(32)24-34)28-11-13-30(14-12-28)36-25-47-42(50-36)39-10-6-22-54(39)43(56)46(52-45(58)60-2)20-19-29-7-3-4-8-35(29)46/h3-4,7-8,11-18,23-26,38-39H,5-6,9-10,19-22,27H2,1-2H3,(H,47,50)(H,48,51)(H,49,57)(H,52,58)/t38-,39-,46?/m0/s1. The number of nitrogens with zero attached hydrogens (tertiary/aromatic N) is 4. The number of carbonyl (C=O) groups is 4. The molecule has 0 radical (unpaired) electrons. The van der Waals surface area contributed by atoms with Gasteiger partial charge in [-0.2, -0.15) is 0 Å². The first-order chi connectivity index (χ1) is 29.2. The highest BCUT2D eigenvalue weighted by Crippen LogP contribution is 2.43. The van der Waals surface area contributed by atoms with Crippen LogP contribution in [0.1, 0.15) is 67.0 Å². The lowest BCUT2D eigenvalue weighted by molar-refractivity contribution is -0.140. The summed E-state index contributed by atoms with van der Waals surface area (Å²) in [4.78, 5) is 71.4. The number of aryl methyl sites for hydroxylation is 1. The van der Waals surface area contributed by atoms with E-state index in [1.54, 1.807) is 4.90 Å². The topological polar surface area (TPSA) is 175 Å². The summed E-state index contributed by atoms with van der Waals surface area (Å²) < 4.78 is 9.57. The summed E-state index contributed by atoms with van der Waals surface area (Å²) in [7, 11) is 2.58. The number of hydrogen-bond acceptors (Lipinski definition) is 8. The van der Waals surface area contributed by atoms with Gasteiger partial charge in [0.1, 0.15) is 23.7 Å². The van der Waals surface area contributed by atoms with Gasteiger partial charge in [0.05, 0.1) is 50.1 Å². The number of ether oxygens (including phenoxy) is 2. The summed E-state index contributed by atoms with van der Waals surface area (Å²) in [5, 5.41) is 7.59. The summed E-state index contributed by atoms with van der Waals surface area (Å²) in [6.07, 6.45) is 6.76. The predicted molar refractivity (Wildman–Crippen MR) is 224 cm³/mol. The Morgan fingerprint density at radius 3 is 2.00 bits per heavy atom. The molecule has 2 fully saturated rings. The lowest BCUT2D eigenvalue weighted by atomic mass is 9.89. The summed E-state index contributed by atoms with van der Waals surface area (Å²) in [5.74, 6) is 1.13. The van der Waals surface area contributed by atoms with Gasteiger partial charge in [-0.25, -0.2) is 19.6 Å². The van der Waals surface area contributed by atoms with Gasteiger partial charge < -0.3 is 39.9 Å². The van der Waals surface area contributed by atoms with Crippen LogP contribution in [0.3, 0.4) is 0 Å². The van der Waals surface area contributed by atoms with Crippen molar-refractivity contribution in [2.24, 2.45) is 0 Å². The Kier molecular flexibility index (Phi) is 10.3. The molecule has 14 heteroatoms. The fourth-order valence-corrected chi connectivity index (χ4v) is 9.19. The van der Waals surface area contributed by atoms with Crippen molar-refractivity contribution in [3.8, 4) is 33.6 Å². The van der Waals surface area contributed by atoms with Gasteiger partial charge in [-0.05, 0) is 89.2 Å².